The molecule has 5 atom stereocenters. The summed E-state index contributed by atoms with van der Waals surface area (Å²) in [5.41, 5.74) is 2.26. The number of amides is 3. The molecule has 3 aliphatic heterocycles. The van der Waals surface area contributed by atoms with Crippen LogP contribution in [-0.4, -0.2) is 75.3 Å². The summed E-state index contributed by atoms with van der Waals surface area (Å²) in [5.74, 6) is -0.176. The maximum atomic E-state index is 14.4. The summed E-state index contributed by atoms with van der Waals surface area (Å²) in [6, 6.07) is 6.15. The van der Waals surface area contributed by atoms with Gasteiger partial charge in [-0.3, -0.25) is 19.3 Å². The molecular weight excluding hydrogens is 550 g/mol. The van der Waals surface area contributed by atoms with Crippen LogP contribution in [0.2, 0.25) is 0 Å². The Hall–Kier alpha value is -4.24. The Labute approximate surface area is 249 Å². The normalized spacial score (nSPS) is 28.5. The van der Waals surface area contributed by atoms with Crippen molar-refractivity contribution < 1.29 is 25.0 Å². The number of piperidine rings is 1. The van der Waals surface area contributed by atoms with E-state index in [2.05, 4.69) is 16.4 Å². The number of benzene rings is 1. The van der Waals surface area contributed by atoms with Crippen molar-refractivity contribution in [2.75, 3.05) is 24.7 Å². The molecule has 224 valence electrons. The summed E-state index contributed by atoms with van der Waals surface area (Å²) in [7, 11) is 0. The average Bonchev–Trinajstić information content (AvgIpc) is 3.88. The van der Waals surface area contributed by atoms with E-state index in [0.29, 0.717) is 60.3 Å². The lowest BCUT2D eigenvalue weighted by atomic mass is 9.82. The second-order valence-electron chi connectivity index (χ2n) is 12.4. The molecule has 2 saturated heterocycles. The van der Waals surface area contributed by atoms with Gasteiger partial charge < -0.3 is 19.4 Å². The molecule has 1 aromatic carbocycles. The fourth-order valence-electron chi connectivity index (χ4n) is 7.64. The van der Waals surface area contributed by atoms with Crippen molar-refractivity contribution in [3.05, 3.63) is 41.4 Å². The Bertz CT molecular complexity index is 1690. The van der Waals surface area contributed by atoms with Gasteiger partial charge in [-0.1, -0.05) is 6.07 Å². The topological polar surface area (TPSA) is 147 Å². The van der Waals surface area contributed by atoms with Crippen LogP contribution in [0.5, 0.6) is 0 Å². The van der Waals surface area contributed by atoms with Crippen molar-refractivity contribution in [3.8, 4) is 6.07 Å². The van der Waals surface area contributed by atoms with Gasteiger partial charge in [-0.15, -0.1) is 0 Å². The number of nitrogens with zero attached hydrogens (tertiary/aromatic N) is 6. The molecule has 43 heavy (non-hydrogen) atoms. The van der Waals surface area contributed by atoms with Gasteiger partial charge in [0.2, 0.25) is 0 Å². The van der Waals surface area contributed by atoms with Gasteiger partial charge in [0.25, 0.3) is 17.7 Å². The maximum Gasteiger partial charge on any atom is 0.276 e. The molecule has 5 aliphatic rings. The number of likely N-dealkylation sites (tertiary alicyclic amines) is 1. The van der Waals surface area contributed by atoms with Crippen LogP contribution in [0.25, 0.3) is 11.1 Å². The molecule has 12 nitrogen and oxygen atoms in total. The van der Waals surface area contributed by atoms with Gasteiger partial charge >= 0.3 is 0 Å². The van der Waals surface area contributed by atoms with E-state index in [0.717, 1.165) is 37.7 Å². The third-order valence-electron chi connectivity index (χ3n) is 9.96. The molecule has 12 heteroatoms. The minimum Gasteiger partial charge on any atom is -0.443 e. The number of nitrogens with one attached hydrogen (secondary N) is 1. The summed E-state index contributed by atoms with van der Waals surface area (Å²) >= 11 is 0. The van der Waals surface area contributed by atoms with Crippen LogP contribution in [0.4, 0.5) is 5.82 Å². The Morgan fingerprint density at radius 2 is 1.98 bits per heavy atom. The fourth-order valence-corrected chi connectivity index (χ4v) is 7.64. The molecule has 4 fully saturated rings. The molecule has 8 rings (SSSR count). The van der Waals surface area contributed by atoms with Crippen molar-refractivity contribution in [1.82, 2.24) is 25.0 Å². The number of carbonyl (C=O) groups excluding carboxylic acids is 3. The van der Waals surface area contributed by atoms with E-state index in [-0.39, 0.29) is 31.2 Å². The number of aromatic nitrogens is 3. The van der Waals surface area contributed by atoms with E-state index < -0.39 is 23.9 Å². The number of hydrogen-bond donors (Lipinski definition) is 1. The Balaban J connectivity index is 0.00000312. The SMILES string of the molecule is CCN1C(=O)[C@@H](NC(=O)c2cccc3ncoc23)[C@@H](C2CC2)c2c(C(=O)N3[C@H](C#N)C[C@H]4C[C@H]43)nn(C3CCOCC3)c21.[HH]. The zero-order valence-electron chi connectivity index (χ0n) is 23.9. The largest absolute Gasteiger partial charge is 0.443 e. The van der Waals surface area contributed by atoms with Gasteiger partial charge in [-0.2, -0.15) is 10.4 Å². The third-order valence-corrected chi connectivity index (χ3v) is 9.96. The average molecular weight is 586 g/mol. The van der Waals surface area contributed by atoms with Crippen molar-refractivity contribution in [2.45, 2.75) is 75.5 Å². The number of likely N-dealkylation sites (N-methyl/N-ethyl adjacent to an activating group) is 1. The number of hydrogen-bond acceptors (Lipinski definition) is 8. The van der Waals surface area contributed by atoms with Crippen LogP contribution >= 0.6 is 0 Å². The van der Waals surface area contributed by atoms with Gasteiger partial charge in [0.1, 0.15) is 23.4 Å². The number of oxazole rings is 1. The standard InChI is InChI=1S/C31H33N7O5.H2/c1-2-36-29-24(23(16-6-7-16)25(30(36)40)34-28(39)20-4-3-5-21-27(20)43-15-33-21)26(35-38(29)18-8-10-42-11-9-18)31(41)37-19(14-32)12-17-13-22(17)37;/h3-5,15-19,22-23,25H,2,6-13H2,1H3,(H,34,39);1H/t17-,19-,22+,23-,25-;/m0./s1. The van der Waals surface area contributed by atoms with E-state index in [1.54, 1.807) is 28.0 Å². The zero-order chi connectivity index (χ0) is 29.4. The first-order chi connectivity index (χ1) is 21.0. The number of fused-ring (bicyclic) bond motifs is 3. The van der Waals surface area contributed by atoms with Crippen LogP contribution in [0.15, 0.2) is 29.0 Å². The Morgan fingerprint density at radius 1 is 1.16 bits per heavy atom. The fraction of sp³-hybridized carbons (Fsp3) is 0.548. The van der Waals surface area contributed by atoms with E-state index in [4.69, 9.17) is 14.3 Å². The summed E-state index contributed by atoms with van der Waals surface area (Å²) in [6.07, 6.45) is 6.11. The van der Waals surface area contributed by atoms with Gasteiger partial charge in [-0.25, -0.2) is 9.67 Å². The zero-order valence-corrected chi connectivity index (χ0v) is 23.9. The second kappa shape index (κ2) is 9.91. The quantitative estimate of drug-likeness (QED) is 0.463. The molecule has 3 amide bonds. The van der Waals surface area contributed by atoms with E-state index in [9.17, 15) is 19.6 Å². The van der Waals surface area contributed by atoms with E-state index >= 15 is 0 Å². The third kappa shape index (κ3) is 4.08. The van der Waals surface area contributed by atoms with Crippen LogP contribution < -0.4 is 10.2 Å². The first-order valence-electron chi connectivity index (χ1n) is 15.4. The molecular formula is C31H35N7O5. The number of rotatable bonds is 6. The lowest BCUT2D eigenvalue weighted by molar-refractivity contribution is -0.121. The minimum absolute atomic E-state index is 0. The summed E-state index contributed by atoms with van der Waals surface area (Å²) in [5, 5.41) is 18.0. The van der Waals surface area contributed by atoms with Crippen molar-refractivity contribution in [2.24, 2.45) is 11.8 Å². The number of para-hydroxylation sites is 1. The molecule has 2 aliphatic carbocycles. The van der Waals surface area contributed by atoms with E-state index in [1.165, 1.54) is 6.39 Å². The number of ether oxygens (including phenoxy) is 1. The highest BCUT2D eigenvalue weighted by Crippen LogP contribution is 2.53. The highest BCUT2D eigenvalue weighted by molar-refractivity contribution is 6.09. The Morgan fingerprint density at radius 3 is 2.72 bits per heavy atom. The molecule has 2 saturated carbocycles. The van der Waals surface area contributed by atoms with Gasteiger partial charge in [-0.05, 0) is 69.4 Å². The van der Waals surface area contributed by atoms with Crippen molar-refractivity contribution in [3.63, 3.8) is 0 Å². The van der Waals surface area contributed by atoms with E-state index in [1.807, 2.05) is 11.6 Å². The second-order valence-corrected chi connectivity index (χ2v) is 12.4. The lowest BCUT2D eigenvalue weighted by Gasteiger charge is -2.39. The minimum atomic E-state index is -0.886. The molecule has 0 bridgehead atoms. The molecule has 0 unspecified atom stereocenters. The van der Waals surface area contributed by atoms with Crippen LogP contribution in [-0.2, 0) is 9.53 Å². The number of nitriles is 1. The predicted octanol–water partition coefficient (Wildman–Crippen LogP) is 3.41. The maximum absolute atomic E-state index is 14.4. The summed E-state index contributed by atoms with van der Waals surface area (Å²) in [6.45, 7) is 3.40. The predicted molar refractivity (Wildman–Crippen MR) is 154 cm³/mol. The molecule has 0 radical (unpaired) electrons. The smallest absolute Gasteiger partial charge is 0.276 e. The van der Waals surface area contributed by atoms with Gasteiger partial charge in [0.05, 0.1) is 17.7 Å². The molecule has 2 aromatic heterocycles. The molecule has 1 N–H and O–H groups in total. The van der Waals surface area contributed by atoms with Gasteiger partial charge in [0.15, 0.2) is 17.7 Å². The number of carbonyl (C=O) groups is 3. The highest BCUT2D eigenvalue weighted by Gasteiger charge is 2.57. The summed E-state index contributed by atoms with van der Waals surface area (Å²) in [4.78, 5) is 50.1. The Kier molecular flexibility index (Phi) is 6.08. The monoisotopic (exact) mass is 585 g/mol. The van der Waals surface area contributed by atoms with Crippen LogP contribution in [0, 0.1) is 23.2 Å². The molecule has 5 heterocycles. The summed E-state index contributed by atoms with van der Waals surface area (Å²) < 4.78 is 13.0. The van der Waals surface area contributed by atoms with Crippen molar-refractivity contribution in [1.29, 1.82) is 5.26 Å². The highest BCUT2D eigenvalue weighted by atomic mass is 16.5. The van der Waals surface area contributed by atoms with Crippen LogP contribution in [0.3, 0.4) is 0 Å². The first-order valence-corrected chi connectivity index (χ1v) is 15.4. The first kappa shape index (κ1) is 26.4. The molecule has 0 spiro atoms. The number of anilines is 1. The molecule has 3 aromatic rings. The van der Waals surface area contributed by atoms with Crippen LogP contribution in [0.1, 0.15) is 85.2 Å². The van der Waals surface area contributed by atoms with Crippen molar-refractivity contribution >= 4 is 34.6 Å². The lowest BCUT2D eigenvalue weighted by Crippen LogP contribution is -2.56. The van der Waals surface area contributed by atoms with Gasteiger partial charge in [0, 0.05) is 38.7 Å².